The van der Waals surface area contributed by atoms with Crippen molar-refractivity contribution in [3.05, 3.63) is 104 Å². The van der Waals surface area contributed by atoms with Crippen molar-refractivity contribution in [3.8, 4) is 39.4 Å². The number of aliphatic hydroxyl groups is 1. The highest BCUT2D eigenvalue weighted by molar-refractivity contribution is 6.39. The summed E-state index contributed by atoms with van der Waals surface area (Å²) in [5.74, 6) is -1.51. The lowest BCUT2D eigenvalue weighted by atomic mass is 9.97. The molecule has 5 aromatic rings. The summed E-state index contributed by atoms with van der Waals surface area (Å²) in [7, 11) is 1.42. The molecule has 15 heteroatoms. The molecule has 6 rings (SSSR count). The second kappa shape index (κ2) is 16.2. The lowest BCUT2D eigenvalue weighted by molar-refractivity contribution is -0.139. The van der Waals surface area contributed by atoms with Crippen LogP contribution < -0.4 is 26.2 Å². The smallest absolute Gasteiger partial charge is 0.306 e. The van der Waals surface area contributed by atoms with Crippen LogP contribution in [0.2, 0.25) is 10.0 Å². The molecule has 2 unspecified atom stereocenters. The van der Waals surface area contributed by atoms with Gasteiger partial charge in [-0.3, -0.25) is 18.8 Å². The molecule has 1 aliphatic rings. The van der Waals surface area contributed by atoms with E-state index in [-0.39, 0.29) is 54.3 Å². The van der Waals surface area contributed by atoms with Crippen molar-refractivity contribution in [1.29, 1.82) is 0 Å². The predicted octanol–water partition coefficient (Wildman–Crippen LogP) is 4.84. The molecule has 12 nitrogen and oxygen atoms in total. The first-order chi connectivity index (χ1) is 25.0. The van der Waals surface area contributed by atoms with Crippen molar-refractivity contribution < 1.29 is 28.9 Å². The Hall–Kier alpha value is -4.92. The Morgan fingerprint density at radius 3 is 2.46 bits per heavy atom. The van der Waals surface area contributed by atoms with Crippen LogP contribution in [0.5, 0.6) is 5.88 Å². The van der Waals surface area contributed by atoms with Gasteiger partial charge in [-0.1, -0.05) is 59.6 Å². The number of aliphatic carboxylic acids is 1. The number of fused-ring (bicyclic) bond motifs is 1. The van der Waals surface area contributed by atoms with E-state index < -0.39 is 24.3 Å². The number of benzene rings is 2. The normalized spacial score (nSPS) is 14.8. The number of carbonyl (C=O) groups is 2. The number of nitrogens with zero attached hydrogens (tertiary/aromatic N) is 3. The van der Waals surface area contributed by atoms with Crippen LogP contribution >= 0.6 is 23.2 Å². The number of carbonyl (C=O) groups excluding carboxylic acids is 1. The summed E-state index contributed by atoms with van der Waals surface area (Å²) in [5, 5.41) is 28.2. The maximum absolute atomic E-state index is 15.5. The zero-order valence-electron chi connectivity index (χ0n) is 28.0. The van der Waals surface area contributed by atoms with Gasteiger partial charge < -0.3 is 30.9 Å². The third-order valence-corrected chi connectivity index (χ3v) is 9.58. The lowest BCUT2D eigenvalue weighted by Crippen LogP contribution is -2.35. The molecule has 52 heavy (non-hydrogen) atoms. The van der Waals surface area contributed by atoms with Crippen LogP contribution in [-0.4, -0.2) is 68.8 Å². The van der Waals surface area contributed by atoms with Gasteiger partial charge >= 0.3 is 5.97 Å². The molecule has 1 amide bonds. The fourth-order valence-corrected chi connectivity index (χ4v) is 6.80. The van der Waals surface area contributed by atoms with E-state index in [0.29, 0.717) is 62.0 Å². The number of hydrogen-bond acceptors (Lipinski definition) is 9. The van der Waals surface area contributed by atoms with E-state index in [1.165, 1.54) is 23.8 Å². The summed E-state index contributed by atoms with van der Waals surface area (Å²) < 4.78 is 22.4. The van der Waals surface area contributed by atoms with Gasteiger partial charge in [-0.2, -0.15) is 0 Å². The number of halogens is 3. The molecule has 3 aromatic heterocycles. The van der Waals surface area contributed by atoms with E-state index in [0.717, 1.165) is 6.42 Å². The number of hydrogen-bond donors (Lipinski definition) is 5. The minimum Gasteiger partial charge on any atom is -0.481 e. The minimum absolute atomic E-state index is 0.00479. The Kier molecular flexibility index (Phi) is 11.5. The van der Waals surface area contributed by atoms with Crippen molar-refractivity contribution >= 4 is 40.7 Å². The minimum atomic E-state index is -1.12. The Balaban J connectivity index is 1.24. The van der Waals surface area contributed by atoms with Crippen LogP contribution in [0.4, 0.5) is 4.39 Å². The molecule has 2 atom stereocenters. The van der Waals surface area contributed by atoms with Gasteiger partial charge in [0.1, 0.15) is 11.5 Å². The SMILES string of the molecule is COc1nc(-c2cccc(-c3cccc(-c4ccn5c(=O)c(CNCC(O)CC(=O)O)cnc5c4)c3Cl)c2Cl)cc(F)c1CNCC1CCC(=O)N1. The summed E-state index contributed by atoms with van der Waals surface area (Å²) in [5.41, 5.74) is 3.99. The third-order valence-electron chi connectivity index (χ3n) is 8.76. The van der Waals surface area contributed by atoms with Crippen LogP contribution in [0.25, 0.3) is 39.2 Å². The largest absolute Gasteiger partial charge is 0.481 e. The molecule has 2 aromatic carbocycles. The van der Waals surface area contributed by atoms with Crippen molar-refractivity contribution in [3.63, 3.8) is 0 Å². The van der Waals surface area contributed by atoms with Crippen molar-refractivity contribution in [2.24, 2.45) is 0 Å². The number of ether oxygens (including phenoxy) is 1. The van der Waals surface area contributed by atoms with E-state index in [4.69, 9.17) is 33.0 Å². The summed E-state index contributed by atoms with van der Waals surface area (Å²) in [6, 6.07) is 15.6. The standard InChI is InChI=1S/C37H35Cl2FN6O6/c1-52-36-28(19-42-17-22-8-9-32(48)44-22)29(40)14-30(45-36)27-7-3-6-26(35(27)39)25-5-2-4-24(34(25)38)20-10-11-46-31(12-20)43-16-21(37(46)51)15-41-18-23(47)13-33(49)50/h2-7,10-12,14,16,22-23,41-42,47H,8-9,13,15,17-19H2,1H3,(H,44,48)(H,49,50). The van der Waals surface area contributed by atoms with Gasteiger partial charge in [0, 0.05) is 84.9 Å². The number of nitrogens with one attached hydrogen (secondary N) is 3. The highest BCUT2D eigenvalue weighted by atomic mass is 35.5. The number of amides is 1. The maximum atomic E-state index is 15.5. The first-order valence-corrected chi connectivity index (χ1v) is 17.2. The van der Waals surface area contributed by atoms with E-state index in [1.807, 2.05) is 24.3 Å². The highest BCUT2D eigenvalue weighted by Crippen LogP contribution is 2.42. The number of aliphatic hydroxyl groups excluding tert-OH is 1. The Bertz CT molecular complexity index is 2220. The topological polar surface area (TPSA) is 167 Å². The number of methoxy groups -OCH3 is 1. The summed E-state index contributed by atoms with van der Waals surface area (Å²) in [4.78, 5) is 44.4. The van der Waals surface area contributed by atoms with Gasteiger partial charge in [0.15, 0.2) is 0 Å². The average Bonchev–Trinajstić information content (AvgIpc) is 3.54. The van der Waals surface area contributed by atoms with E-state index >= 15 is 4.39 Å². The maximum Gasteiger partial charge on any atom is 0.306 e. The quantitative estimate of drug-likeness (QED) is 0.106. The number of carboxylic acid groups (broad SMARTS) is 1. The zero-order valence-corrected chi connectivity index (χ0v) is 29.5. The van der Waals surface area contributed by atoms with Gasteiger partial charge in [-0.05, 0) is 24.1 Å². The molecule has 5 N–H and O–H groups in total. The summed E-state index contributed by atoms with van der Waals surface area (Å²) in [6.45, 7) is 0.746. The lowest BCUT2D eigenvalue weighted by Gasteiger charge is -2.16. The van der Waals surface area contributed by atoms with Gasteiger partial charge in [-0.25, -0.2) is 14.4 Å². The summed E-state index contributed by atoms with van der Waals surface area (Å²) in [6.07, 6.45) is 2.74. The van der Waals surface area contributed by atoms with Crippen LogP contribution in [0.1, 0.15) is 30.4 Å². The Morgan fingerprint density at radius 2 is 1.77 bits per heavy atom. The average molecular weight is 750 g/mol. The molecule has 1 saturated heterocycles. The molecule has 0 saturated carbocycles. The predicted molar refractivity (Wildman–Crippen MR) is 195 cm³/mol. The highest BCUT2D eigenvalue weighted by Gasteiger charge is 2.22. The molecule has 0 radical (unpaired) electrons. The van der Waals surface area contributed by atoms with E-state index in [1.54, 1.807) is 30.5 Å². The van der Waals surface area contributed by atoms with Crippen LogP contribution in [-0.2, 0) is 22.7 Å². The third kappa shape index (κ3) is 8.09. The monoisotopic (exact) mass is 748 g/mol. The molecule has 1 fully saturated rings. The van der Waals surface area contributed by atoms with Gasteiger partial charge in [0.05, 0.1) is 40.9 Å². The molecule has 0 spiro atoms. The molecular weight excluding hydrogens is 714 g/mol. The number of carboxylic acids is 1. The first kappa shape index (κ1) is 36.9. The fraction of sp³-hybridized carbons (Fsp3) is 0.270. The van der Waals surface area contributed by atoms with Crippen LogP contribution in [0.3, 0.4) is 0 Å². The van der Waals surface area contributed by atoms with Crippen LogP contribution in [0, 0.1) is 5.82 Å². The summed E-state index contributed by atoms with van der Waals surface area (Å²) >= 11 is 14.0. The number of rotatable bonds is 14. The molecule has 0 bridgehead atoms. The molecule has 4 heterocycles. The van der Waals surface area contributed by atoms with Gasteiger partial charge in [-0.15, -0.1) is 0 Å². The molecular formula is C37H35Cl2FN6O6. The fourth-order valence-electron chi connectivity index (χ4n) is 6.14. The molecule has 0 aliphatic carbocycles. The van der Waals surface area contributed by atoms with Gasteiger partial charge in [0.2, 0.25) is 11.8 Å². The van der Waals surface area contributed by atoms with Crippen molar-refractivity contribution in [2.75, 3.05) is 20.2 Å². The zero-order chi connectivity index (χ0) is 36.9. The first-order valence-electron chi connectivity index (χ1n) is 16.5. The van der Waals surface area contributed by atoms with Crippen molar-refractivity contribution in [1.82, 2.24) is 30.3 Å². The second-order valence-electron chi connectivity index (χ2n) is 12.4. The number of pyridine rings is 2. The second-order valence-corrected chi connectivity index (χ2v) is 13.1. The molecule has 270 valence electrons. The van der Waals surface area contributed by atoms with Crippen LogP contribution in [0.15, 0.2) is 71.8 Å². The Morgan fingerprint density at radius 1 is 1.06 bits per heavy atom. The van der Waals surface area contributed by atoms with E-state index in [9.17, 15) is 19.5 Å². The van der Waals surface area contributed by atoms with Crippen molar-refractivity contribution in [2.45, 2.75) is 44.5 Å². The molecule has 1 aliphatic heterocycles. The number of aromatic nitrogens is 3. The Labute approximate surface area is 307 Å². The van der Waals surface area contributed by atoms with Gasteiger partial charge in [0.25, 0.3) is 5.56 Å². The van der Waals surface area contributed by atoms with E-state index in [2.05, 4.69) is 25.9 Å².